The van der Waals surface area contributed by atoms with E-state index in [2.05, 4.69) is 37.1 Å². The number of nitrogen functional groups attached to an aromatic ring is 1. The maximum absolute atomic E-state index is 12.0. The van der Waals surface area contributed by atoms with E-state index in [0.717, 1.165) is 36.6 Å². The molecule has 1 aliphatic rings. The molecule has 1 fully saturated rings. The maximum atomic E-state index is 12.0. The minimum Gasteiger partial charge on any atom is -0.368 e. The van der Waals surface area contributed by atoms with Crippen molar-refractivity contribution >= 4 is 17.7 Å². The van der Waals surface area contributed by atoms with Crippen molar-refractivity contribution < 1.29 is 4.79 Å². The van der Waals surface area contributed by atoms with Gasteiger partial charge in [0.2, 0.25) is 5.95 Å². The average Bonchev–Trinajstić information content (AvgIpc) is 2.95. The van der Waals surface area contributed by atoms with Crippen molar-refractivity contribution in [3.05, 3.63) is 35.0 Å². The zero-order valence-electron chi connectivity index (χ0n) is 15.0. The first-order valence-corrected chi connectivity index (χ1v) is 8.30. The van der Waals surface area contributed by atoms with E-state index in [0.29, 0.717) is 11.5 Å². The lowest BCUT2D eigenvalue weighted by Crippen LogP contribution is -2.41. The Kier molecular flexibility index (Phi) is 4.28. The summed E-state index contributed by atoms with van der Waals surface area (Å²) < 4.78 is 0. The van der Waals surface area contributed by atoms with Crippen molar-refractivity contribution in [3.8, 4) is 0 Å². The van der Waals surface area contributed by atoms with Crippen molar-refractivity contribution in [1.82, 2.24) is 25.3 Å². The van der Waals surface area contributed by atoms with Crippen molar-refractivity contribution in [2.75, 3.05) is 24.2 Å². The number of aromatic nitrogens is 4. The molecule has 0 bridgehead atoms. The summed E-state index contributed by atoms with van der Waals surface area (Å²) in [4.78, 5) is 31.9. The second kappa shape index (κ2) is 6.27. The van der Waals surface area contributed by atoms with E-state index in [-0.39, 0.29) is 11.9 Å². The Morgan fingerprint density at radius 3 is 2.60 bits per heavy atom. The summed E-state index contributed by atoms with van der Waals surface area (Å²) in [5.41, 5.74) is 7.31. The molecule has 1 atom stereocenters. The van der Waals surface area contributed by atoms with E-state index in [9.17, 15) is 4.79 Å². The number of anilines is 2. The third kappa shape index (κ3) is 3.11. The van der Waals surface area contributed by atoms with Gasteiger partial charge in [-0.25, -0.2) is 15.0 Å². The number of amides is 1. The van der Waals surface area contributed by atoms with Crippen LogP contribution in [0.5, 0.6) is 0 Å². The molecule has 3 N–H and O–H groups in total. The molecule has 1 amide bonds. The lowest BCUT2D eigenvalue weighted by molar-refractivity contribution is 0.0957. The summed E-state index contributed by atoms with van der Waals surface area (Å²) in [5.74, 6) is 1.41. The van der Waals surface area contributed by atoms with Crippen LogP contribution in [0.25, 0.3) is 0 Å². The van der Waals surface area contributed by atoms with Gasteiger partial charge in [-0.15, -0.1) is 0 Å². The summed E-state index contributed by atoms with van der Waals surface area (Å²) in [6, 6.07) is 3.60. The molecule has 2 aromatic rings. The molecular formula is C17H23N7O. The molecule has 0 spiro atoms. The predicted molar refractivity (Wildman–Crippen MR) is 95.3 cm³/mol. The van der Waals surface area contributed by atoms with Gasteiger partial charge in [-0.1, -0.05) is 0 Å². The zero-order valence-corrected chi connectivity index (χ0v) is 15.0. The number of aryl methyl sites for hydroxylation is 2. The van der Waals surface area contributed by atoms with E-state index in [4.69, 9.17) is 5.73 Å². The van der Waals surface area contributed by atoms with Gasteiger partial charge in [0.25, 0.3) is 5.91 Å². The van der Waals surface area contributed by atoms with Gasteiger partial charge < -0.3 is 16.0 Å². The summed E-state index contributed by atoms with van der Waals surface area (Å²) in [7, 11) is 1.59. The van der Waals surface area contributed by atoms with Crippen LogP contribution in [0.3, 0.4) is 0 Å². The van der Waals surface area contributed by atoms with Crippen LogP contribution < -0.4 is 16.0 Å². The second-order valence-corrected chi connectivity index (χ2v) is 6.55. The molecule has 8 nitrogen and oxygen atoms in total. The number of carbonyl (C=O) groups is 1. The third-order valence-corrected chi connectivity index (χ3v) is 4.57. The van der Waals surface area contributed by atoms with Gasteiger partial charge in [0.15, 0.2) is 5.82 Å². The van der Waals surface area contributed by atoms with Crippen LogP contribution in [0.1, 0.15) is 47.5 Å². The highest BCUT2D eigenvalue weighted by Gasteiger charge is 2.42. The highest BCUT2D eigenvalue weighted by Crippen LogP contribution is 2.39. The SMILES string of the molecule is CNC(=O)c1cc(C)nc([C@@]2(C)CCCN2c2cc(C)nc(N)n2)n1. The topological polar surface area (TPSA) is 110 Å². The first-order chi connectivity index (χ1) is 11.8. The monoisotopic (exact) mass is 341 g/mol. The van der Waals surface area contributed by atoms with Crippen molar-refractivity contribution in [2.24, 2.45) is 0 Å². The maximum Gasteiger partial charge on any atom is 0.269 e. The Balaban J connectivity index is 2.08. The van der Waals surface area contributed by atoms with Gasteiger partial charge in [0.05, 0.1) is 5.54 Å². The number of hydrogen-bond donors (Lipinski definition) is 2. The Hall–Kier alpha value is -2.77. The van der Waals surface area contributed by atoms with Gasteiger partial charge in [-0.2, -0.15) is 4.98 Å². The minimum atomic E-state index is -0.456. The van der Waals surface area contributed by atoms with Crippen LogP contribution in [-0.4, -0.2) is 39.4 Å². The fourth-order valence-electron chi connectivity index (χ4n) is 3.33. The molecule has 0 radical (unpaired) electrons. The average molecular weight is 341 g/mol. The van der Waals surface area contributed by atoms with E-state index in [1.165, 1.54) is 0 Å². The first kappa shape index (κ1) is 17.1. The first-order valence-electron chi connectivity index (χ1n) is 8.30. The second-order valence-electron chi connectivity index (χ2n) is 6.55. The van der Waals surface area contributed by atoms with Gasteiger partial charge in [0.1, 0.15) is 11.5 Å². The normalized spacial score (nSPS) is 19.9. The summed E-state index contributed by atoms with van der Waals surface area (Å²) in [6.45, 7) is 6.66. The molecule has 0 unspecified atom stereocenters. The van der Waals surface area contributed by atoms with Crippen LogP contribution in [0.2, 0.25) is 0 Å². The number of nitrogens with one attached hydrogen (secondary N) is 1. The fourth-order valence-corrected chi connectivity index (χ4v) is 3.33. The van der Waals surface area contributed by atoms with E-state index < -0.39 is 5.54 Å². The van der Waals surface area contributed by atoms with Crippen LogP contribution >= 0.6 is 0 Å². The molecule has 1 saturated heterocycles. The fraction of sp³-hybridized carbons (Fsp3) is 0.471. The lowest BCUT2D eigenvalue weighted by atomic mass is 9.97. The Morgan fingerprint density at radius 1 is 1.20 bits per heavy atom. The molecule has 132 valence electrons. The molecule has 8 heteroatoms. The molecule has 3 heterocycles. The molecule has 0 aliphatic carbocycles. The summed E-state index contributed by atoms with van der Waals surface area (Å²) >= 11 is 0. The van der Waals surface area contributed by atoms with Crippen LogP contribution in [0, 0.1) is 13.8 Å². The quantitative estimate of drug-likeness (QED) is 0.867. The molecule has 1 aliphatic heterocycles. The van der Waals surface area contributed by atoms with Gasteiger partial charge in [-0.05, 0) is 39.7 Å². The Morgan fingerprint density at radius 2 is 1.92 bits per heavy atom. The highest BCUT2D eigenvalue weighted by molar-refractivity contribution is 5.92. The van der Waals surface area contributed by atoms with Gasteiger partial charge in [-0.3, -0.25) is 4.79 Å². The smallest absolute Gasteiger partial charge is 0.269 e. The minimum absolute atomic E-state index is 0.220. The predicted octanol–water partition coefficient (Wildman–Crippen LogP) is 1.34. The van der Waals surface area contributed by atoms with E-state index in [1.807, 2.05) is 19.9 Å². The molecule has 0 aromatic carbocycles. The Bertz CT molecular complexity index is 802. The summed E-state index contributed by atoms with van der Waals surface area (Å²) in [6.07, 6.45) is 1.85. The Labute approximate surface area is 146 Å². The van der Waals surface area contributed by atoms with E-state index >= 15 is 0 Å². The molecule has 0 saturated carbocycles. The van der Waals surface area contributed by atoms with Crippen LogP contribution in [-0.2, 0) is 5.54 Å². The van der Waals surface area contributed by atoms with Gasteiger partial charge >= 0.3 is 0 Å². The third-order valence-electron chi connectivity index (χ3n) is 4.57. The van der Waals surface area contributed by atoms with Crippen molar-refractivity contribution in [1.29, 1.82) is 0 Å². The summed E-state index contributed by atoms with van der Waals surface area (Å²) in [5, 5.41) is 2.62. The zero-order chi connectivity index (χ0) is 18.2. The lowest BCUT2D eigenvalue weighted by Gasteiger charge is -2.35. The van der Waals surface area contributed by atoms with Gasteiger partial charge in [0, 0.05) is 31.0 Å². The standard InChI is InChI=1S/C17H23N7O/c1-10-8-12(14(25)19-4)22-15(20-10)17(3)6-5-7-24(17)13-9-11(2)21-16(18)23-13/h8-9H,5-7H2,1-4H3,(H,19,25)(H2,18,21,23)/t17-/m1/s1. The van der Waals surface area contributed by atoms with Crippen molar-refractivity contribution in [2.45, 2.75) is 39.2 Å². The molecule has 25 heavy (non-hydrogen) atoms. The number of carbonyl (C=O) groups excluding carboxylic acids is 1. The number of nitrogens with two attached hydrogens (primary N) is 1. The van der Waals surface area contributed by atoms with Crippen molar-refractivity contribution in [3.63, 3.8) is 0 Å². The molecular weight excluding hydrogens is 318 g/mol. The highest BCUT2D eigenvalue weighted by atomic mass is 16.1. The van der Waals surface area contributed by atoms with Crippen LogP contribution in [0.4, 0.5) is 11.8 Å². The molecule has 3 rings (SSSR count). The van der Waals surface area contributed by atoms with Crippen LogP contribution in [0.15, 0.2) is 12.1 Å². The number of rotatable bonds is 3. The largest absolute Gasteiger partial charge is 0.368 e. The number of nitrogens with zero attached hydrogens (tertiary/aromatic N) is 5. The number of hydrogen-bond acceptors (Lipinski definition) is 7. The molecule has 2 aromatic heterocycles. The van der Waals surface area contributed by atoms with E-state index in [1.54, 1.807) is 13.1 Å².